The maximum atomic E-state index is 12.2. The van der Waals surface area contributed by atoms with Crippen molar-refractivity contribution in [2.45, 2.75) is 27.2 Å². The molecule has 0 saturated carbocycles. The lowest BCUT2D eigenvalue weighted by Gasteiger charge is -2.03. The average molecular weight is 325 g/mol. The summed E-state index contributed by atoms with van der Waals surface area (Å²) in [5, 5.41) is 7.29. The number of aromatic nitrogens is 1. The SMILES string of the molecule is C/C(=N\NC(=O)Cc1c(C)[nH]c2c(C)cccc12)c1cccs1. The topological polar surface area (TPSA) is 57.2 Å². The van der Waals surface area contributed by atoms with Gasteiger partial charge in [0.25, 0.3) is 0 Å². The zero-order valence-corrected chi connectivity index (χ0v) is 14.3. The number of hydrazone groups is 1. The number of aromatic amines is 1. The van der Waals surface area contributed by atoms with Crippen molar-refractivity contribution in [1.29, 1.82) is 0 Å². The van der Waals surface area contributed by atoms with Crippen LogP contribution in [0, 0.1) is 13.8 Å². The number of hydrogen-bond acceptors (Lipinski definition) is 3. The van der Waals surface area contributed by atoms with E-state index in [0.717, 1.165) is 32.7 Å². The van der Waals surface area contributed by atoms with Gasteiger partial charge in [0, 0.05) is 21.5 Å². The zero-order chi connectivity index (χ0) is 16.4. The summed E-state index contributed by atoms with van der Waals surface area (Å²) in [7, 11) is 0. The van der Waals surface area contributed by atoms with Gasteiger partial charge >= 0.3 is 0 Å². The molecular formula is C18H19N3OS. The number of carbonyl (C=O) groups excluding carboxylic acids is 1. The van der Waals surface area contributed by atoms with E-state index in [0.29, 0.717) is 6.42 Å². The summed E-state index contributed by atoms with van der Waals surface area (Å²) in [5.41, 5.74) is 7.83. The Balaban J connectivity index is 1.77. The van der Waals surface area contributed by atoms with Crippen LogP contribution in [-0.2, 0) is 11.2 Å². The molecule has 2 N–H and O–H groups in total. The van der Waals surface area contributed by atoms with Gasteiger partial charge in [-0.2, -0.15) is 5.10 Å². The van der Waals surface area contributed by atoms with Crippen LogP contribution < -0.4 is 5.43 Å². The minimum Gasteiger partial charge on any atom is -0.358 e. The first-order chi connectivity index (χ1) is 11.1. The van der Waals surface area contributed by atoms with Crippen molar-refractivity contribution in [2.75, 3.05) is 0 Å². The van der Waals surface area contributed by atoms with Crippen LogP contribution in [-0.4, -0.2) is 16.6 Å². The van der Waals surface area contributed by atoms with Crippen molar-refractivity contribution in [1.82, 2.24) is 10.4 Å². The van der Waals surface area contributed by atoms with Gasteiger partial charge in [0.15, 0.2) is 0 Å². The summed E-state index contributed by atoms with van der Waals surface area (Å²) < 4.78 is 0. The molecule has 2 aromatic heterocycles. The quantitative estimate of drug-likeness (QED) is 0.554. The number of aryl methyl sites for hydroxylation is 2. The Kier molecular flexibility index (Phi) is 4.30. The van der Waals surface area contributed by atoms with Crippen LogP contribution in [0.15, 0.2) is 40.8 Å². The maximum absolute atomic E-state index is 12.2. The van der Waals surface area contributed by atoms with Crippen LogP contribution >= 0.6 is 11.3 Å². The largest absolute Gasteiger partial charge is 0.358 e. The van der Waals surface area contributed by atoms with E-state index in [1.54, 1.807) is 11.3 Å². The first kappa shape index (κ1) is 15.5. The second-order valence-electron chi connectivity index (χ2n) is 5.61. The van der Waals surface area contributed by atoms with Crippen LogP contribution in [0.4, 0.5) is 0 Å². The molecule has 0 aliphatic carbocycles. The third kappa shape index (κ3) is 3.19. The molecule has 118 valence electrons. The Hall–Kier alpha value is -2.40. The van der Waals surface area contributed by atoms with E-state index in [-0.39, 0.29) is 5.91 Å². The monoisotopic (exact) mass is 325 g/mol. The van der Waals surface area contributed by atoms with E-state index in [1.165, 1.54) is 5.56 Å². The predicted octanol–water partition coefficient (Wildman–Crippen LogP) is 3.93. The fraction of sp³-hybridized carbons (Fsp3) is 0.222. The van der Waals surface area contributed by atoms with Gasteiger partial charge in [-0.15, -0.1) is 11.3 Å². The number of fused-ring (bicyclic) bond motifs is 1. The fourth-order valence-electron chi connectivity index (χ4n) is 2.66. The Morgan fingerprint density at radius 1 is 1.26 bits per heavy atom. The summed E-state index contributed by atoms with van der Waals surface area (Å²) in [4.78, 5) is 16.7. The molecule has 5 heteroatoms. The van der Waals surface area contributed by atoms with Crippen molar-refractivity contribution in [2.24, 2.45) is 5.10 Å². The highest BCUT2D eigenvalue weighted by Crippen LogP contribution is 2.25. The molecule has 1 aromatic carbocycles. The Morgan fingerprint density at radius 2 is 2.09 bits per heavy atom. The Bertz CT molecular complexity index is 875. The molecule has 3 rings (SSSR count). The van der Waals surface area contributed by atoms with E-state index < -0.39 is 0 Å². The highest BCUT2D eigenvalue weighted by molar-refractivity contribution is 7.12. The number of rotatable bonds is 4. The van der Waals surface area contributed by atoms with Crippen molar-refractivity contribution >= 4 is 33.9 Å². The molecule has 23 heavy (non-hydrogen) atoms. The summed E-state index contributed by atoms with van der Waals surface area (Å²) in [6.45, 7) is 5.96. The number of nitrogens with zero attached hydrogens (tertiary/aromatic N) is 1. The van der Waals surface area contributed by atoms with Crippen LogP contribution in [0.25, 0.3) is 10.9 Å². The molecule has 0 saturated heterocycles. The van der Waals surface area contributed by atoms with Crippen LogP contribution in [0.3, 0.4) is 0 Å². The fourth-order valence-corrected chi connectivity index (χ4v) is 3.34. The number of nitrogens with one attached hydrogen (secondary N) is 2. The van der Waals surface area contributed by atoms with E-state index in [4.69, 9.17) is 0 Å². The van der Waals surface area contributed by atoms with Gasteiger partial charge in [-0.1, -0.05) is 24.3 Å². The van der Waals surface area contributed by atoms with Gasteiger partial charge in [-0.3, -0.25) is 4.79 Å². The summed E-state index contributed by atoms with van der Waals surface area (Å²) in [6, 6.07) is 10.1. The third-order valence-electron chi connectivity index (χ3n) is 3.93. The van der Waals surface area contributed by atoms with Crippen LogP contribution in [0.1, 0.15) is 28.6 Å². The smallest absolute Gasteiger partial charge is 0.244 e. The molecule has 0 bridgehead atoms. The number of benzene rings is 1. The first-order valence-corrected chi connectivity index (χ1v) is 8.38. The maximum Gasteiger partial charge on any atom is 0.244 e. The number of H-pyrrole nitrogens is 1. The van der Waals surface area contributed by atoms with Crippen LogP contribution in [0.5, 0.6) is 0 Å². The molecule has 0 atom stereocenters. The van der Waals surface area contributed by atoms with Gasteiger partial charge in [0.1, 0.15) is 0 Å². The second-order valence-corrected chi connectivity index (χ2v) is 6.56. The molecule has 0 unspecified atom stereocenters. The average Bonchev–Trinajstić information content (AvgIpc) is 3.16. The summed E-state index contributed by atoms with van der Waals surface area (Å²) >= 11 is 1.61. The normalized spacial score (nSPS) is 11.9. The van der Waals surface area contributed by atoms with Crippen molar-refractivity contribution in [3.8, 4) is 0 Å². The molecule has 0 fully saturated rings. The summed E-state index contributed by atoms with van der Waals surface area (Å²) in [5.74, 6) is -0.105. The van der Waals surface area contributed by atoms with Crippen molar-refractivity contribution < 1.29 is 4.79 Å². The van der Waals surface area contributed by atoms with E-state index in [1.807, 2.05) is 37.4 Å². The van der Waals surface area contributed by atoms with Gasteiger partial charge < -0.3 is 4.98 Å². The summed E-state index contributed by atoms with van der Waals surface area (Å²) in [6.07, 6.45) is 0.316. The standard InChI is InChI=1S/C18H19N3OS/c1-11-6-4-7-14-15(12(2)19-18(11)14)10-17(22)21-20-13(3)16-8-5-9-23-16/h4-9,19H,10H2,1-3H3,(H,21,22)/b20-13+. The Morgan fingerprint density at radius 3 is 2.83 bits per heavy atom. The number of carbonyl (C=O) groups is 1. The lowest BCUT2D eigenvalue weighted by molar-refractivity contribution is -0.120. The molecular weight excluding hydrogens is 306 g/mol. The molecule has 0 spiro atoms. The molecule has 1 amide bonds. The highest BCUT2D eigenvalue weighted by Gasteiger charge is 2.13. The molecule has 2 heterocycles. The molecule has 0 radical (unpaired) electrons. The number of para-hydroxylation sites is 1. The van der Waals surface area contributed by atoms with Crippen LogP contribution in [0.2, 0.25) is 0 Å². The molecule has 4 nitrogen and oxygen atoms in total. The lowest BCUT2D eigenvalue weighted by atomic mass is 10.1. The van der Waals surface area contributed by atoms with Gasteiger partial charge in [-0.25, -0.2) is 5.43 Å². The minimum atomic E-state index is -0.105. The highest BCUT2D eigenvalue weighted by atomic mass is 32.1. The van der Waals surface area contributed by atoms with Crippen molar-refractivity contribution in [3.63, 3.8) is 0 Å². The number of thiophene rings is 1. The predicted molar refractivity (Wildman–Crippen MR) is 96.1 cm³/mol. The van der Waals surface area contributed by atoms with E-state index >= 15 is 0 Å². The molecule has 0 aliphatic rings. The van der Waals surface area contributed by atoms with E-state index in [2.05, 4.69) is 34.6 Å². The third-order valence-corrected chi connectivity index (χ3v) is 4.91. The zero-order valence-electron chi connectivity index (χ0n) is 13.4. The minimum absolute atomic E-state index is 0.105. The van der Waals surface area contributed by atoms with E-state index in [9.17, 15) is 4.79 Å². The van der Waals surface area contributed by atoms with Gasteiger partial charge in [-0.05, 0) is 43.3 Å². The van der Waals surface area contributed by atoms with Crippen molar-refractivity contribution in [3.05, 3.63) is 57.4 Å². The number of hydrogen-bond donors (Lipinski definition) is 2. The Labute approximate surface area is 139 Å². The first-order valence-electron chi connectivity index (χ1n) is 7.50. The molecule has 0 aliphatic heterocycles. The molecule has 3 aromatic rings. The lowest BCUT2D eigenvalue weighted by Crippen LogP contribution is -2.21. The second kappa shape index (κ2) is 6.38. The van der Waals surface area contributed by atoms with Gasteiger partial charge in [0.2, 0.25) is 5.91 Å². The van der Waals surface area contributed by atoms with Gasteiger partial charge in [0.05, 0.1) is 12.1 Å². The number of amides is 1.